The summed E-state index contributed by atoms with van der Waals surface area (Å²) in [5, 5.41) is 13.7. The quantitative estimate of drug-likeness (QED) is 0.339. The molecule has 1 aliphatic heterocycles. The van der Waals surface area contributed by atoms with Crippen LogP contribution in [-0.2, 0) is 6.42 Å². The molecule has 0 bridgehead atoms. The Hall–Kier alpha value is -2.79. The van der Waals surface area contributed by atoms with Crippen molar-refractivity contribution in [2.24, 2.45) is 0 Å². The minimum Gasteiger partial charge on any atom is -0.428 e. The fourth-order valence-electron chi connectivity index (χ4n) is 4.25. The lowest BCUT2D eigenvalue weighted by molar-refractivity contribution is -0.253. The average Bonchev–Trinajstić information content (AvgIpc) is 3.33. The van der Waals surface area contributed by atoms with Gasteiger partial charge in [0.15, 0.2) is 6.10 Å². The van der Waals surface area contributed by atoms with Crippen LogP contribution in [0.3, 0.4) is 0 Å². The number of aliphatic hydroxyl groups excluding tert-OH is 1. The second-order valence-electron chi connectivity index (χ2n) is 8.12. The molecule has 2 unspecified atom stereocenters. The highest BCUT2D eigenvalue weighted by atomic mass is 32.1. The van der Waals surface area contributed by atoms with E-state index in [0.29, 0.717) is 24.1 Å². The molecular formula is C24H20F7NO2S. The number of aliphatic hydroxyl groups is 1. The lowest BCUT2D eigenvalue weighted by Gasteiger charge is -2.41. The van der Waals surface area contributed by atoms with Crippen molar-refractivity contribution in [1.29, 1.82) is 0 Å². The molecule has 188 valence electrons. The van der Waals surface area contributed by atoms with Gasteiger partial charge in [-0.25, -0.2) is 0 Å². The maximum atomic E-state index is 13.4. The summed E-state index contributed by atoms with van der Waals surface area (Å²) in [6, 6.07) is 11.3. The summed E-state index contributed by atoms with van der Waals surface area (Å²) < 4.78 is 96.0. The first-order valence-corrected chi connectivity index (χ1v) is 11.5. The fraction of sp³-hybridized carbons (Fsp3) is 0.333. The van der Waals surface area contributed by atoms with Gasteiger partial charge in [0.05, 0.1) is 12.6 Å². The normalized spacial score (nSPS) is 17.4. The van der Waals surface area contributed by atoms with Crippen molar-refractivity contribution >= 4 is 17.0 Å². The second-order valence-corrected chi connectivity index (χ2v) is 8.90. The summed E-state index contributed by atoms with van der Waals surface area (Å²) in [6.45, 7) is -0.799. The van der Waals surface area contributed by atoms with Crippen LogP contribution in [0.5, 0.6) is 5.75 Å². The van der Waals surface area contributed by atoms with E-state index in [1.807, 2.05) is 22.9 Å². The number of halogens is 7. The number of β-amino-alcohol motifs (C(OH)–C–C–N with tert-alkyl or cyclic N) is 1. The van der Waals surface area contributed by atoms with E-state index in [1.165, 1.54) is 28.4 Å². The van der Waals surface area contributed by atoms with Crippen molar-refractivity contribution < 1.29 is 40.6 Å². The minimum absolute atomic E-state index is 0.299. The topological polar surface area (TPSA) is 32.7 Å². The molecule has 4 rings (SSSR count). The Labute approximate surface area is 200 Å². The van der Waals surface area contributed by atoms with Gasteiger partial charge >= 0.3 is 18.7 Å². The van der Waals surface area contributed by atoms with Crippen LogP contribution in [0.15, 0.2) is 59.3 Å². The highest BCUT2D eigenvalue weighted by Gasteiger charge is 2.44. The molecule has 2 atom stereocenters. The van der Waals surface area contributed by atoms with Gasteiger partial charge in [-0.2, -0.15) is 42.1 Å². The van der Waals surface area contributed by atoms with Crippen LogP contribution < -0.4 is 9.64 Å². The summed E-state index contributed by atoms with van der Waals surface area (Å²) in [5.74, 6) is -0.540. The van der Waals surface area contributed by atoms with Crippen molar-refractivity contribution in [1.82, 2.24) is 0 Å². The predicted molar refractivity (Wildman–Crippen MR) is 118 cm³/mol. The van der Waals surface area contributed by atoms with Gasteiger partial charge in [0.25, 0.3) is 0 Å². The smallest absolute Gasteiger partial charge is 0.428 e. The number of rotatable bonds is 7. The first-order valence-electron chi connectivity index (χ1n) is 10.6. The largest absolute Gasteiger partial charge is 0.461 e. The Bertz CT molecular complexity index is 1150. The molecule has 1 N–H and O–H groups in total. The SMILES string of the molecule is OC(CN1c2cccc(-c3ccsc3)c2CCC1c1cccc(OC(F)(F)C(F)F)c1)C(F)(F)F. The van der Waals surface area contributed by atoms with Crippen LogP contribution in [-0.4, -0.2) is 36.5 Å². The third-order valence-corrected chi connectivity index (χ3v) is 6.52. The molecule has 11 heteroatoms. The van der Waals surface area contributed by atoms with Crippen molar-refractivity contribution in [3.05, 3.63) is 70.4 Å². The van der Waals surface area contributed by atoms with Crippen molar-refractivity contribution in [2.75, 3.05) is 11.4 Å². The maximum Gasteiger partial charge on any atom is 0.461 e. The highest BCUT2D eigenvalue weighted by Crippen LogP contribution is 2.44. The van der Waals surface area contributed by atoms with Gasteiger partial charge in [-0.05, 0) is 70.1 Å². The summed E-state index contributed by atoms with van der Waals surface area (Å²) in [6.07, 6.45) is -15.6. The molecule has 2 aromatic carbocycles. The number of anilines is 1. The summed E-state index contributed by atoms with van der Waals surface area (Å²) in [7, 11) is 0. The van der Waals surface area contributed by atoms with E-state index >= 15 is 0 Å². The first kappa shape index (κ1) is 25.3. The molecule has 0 spiro atoms. The minimum atomic E-state index is -4.88. The zero-order valence-corrected chi connectivity index (χ0v) is 18.8. The molecule has 0 saturated heterocycles. The van der Waals surface area contributed by atoms with Gasteiger partial charge < -0.3 is 14.7 Å². The van der Waals surface area contributed by atoms with Gasteiger partial charge in [-0.15, -0.1) is 0 Å². The molecule has 0 radical (unpaired) electrons. The zero-order valence-electron chi connectivity index (χ0n) is 18.0. The van der Waals surface area contributed by atoms with Crippen LogP contribution in [0.25, 0.3) is 11.1 Å². The maximum absolute atomic E-state index is 13.4. The Morgan fingerprint density at radius 2 is 1.80 bits per heavy atom. The Balaban J connectivity index is 1.74. The Morgan fingerprint density at radius 3 is 2.46 bits per heavy atom. The number of hydrogen-bond acceptors (Lipinski definition) is 4. The third-order valence-electron chi connectivity index (χ3n) is 5.84. The molecule has 2 heterocycles. The molecule has 3 aromatic rings. The number of hydrogen-bond donors (Lipinski definition) is 1. The lowest BCUT2D eigenvalue weighted by Crippen LogP contribution is -2.44. The first-order chi connectivity index (χ1) is 16.5. The van der Waals surface area contributed by atoms with Crippen molar-refractivity contribution in [3.8, 4) is 16.9 Å². The number of benzene rings is 2. The Morgan fingerprint density at radius 1 is 1.06 bits per heavy atom. The lowest BCUT2D eigenvalue weighted by atomic mass is 9.87. The summed E-state index contributed by atoms with van der Waals surface area (Å²) in [4.78, 5) is 1.39. The van der Waals surface area contributed by atoms with Crippen LogP contribution in [0.4, 0.5) is 36.4 Å². The third kappa shape index (κ3) is 5.40. The van der Waals surface area contributed by atoms with Crippen LogP contribution in [0.1, 0.15) is 23.6 Å². The summed E-state index contributed by atoms with van der Waals surface area (Å²) in [5.41, 5.74) is 3.33. The number of nitrogens with zero attached hydrogens (tertiary/aromatic N) is 1. The molecule has 1 aromatic heterocycles. The molecule has 1 aliphatic rings. The molecule has 0 saturated carbocycles. The Kier molecular flexibility index (Phi) is 7.01. The van der Waals surface area contributed by atoms with Crippen LogP contribution in [0, 0.1) is 0 Å². The number of thiophene rings is 1. The molecule has 0 fully saturated rings. The monoisotopic (exact) mass is 519 g/mol. The van der Waals surface area contributed by atoms with E-state index < -0.39 is 43.2 Å². The number of fused-ring (bicyclic) bond motifs is 1. The zero-order chi connectivity index (χ0) is 25.4. The summed E-state index contributed by atoms with van der Waals surface area (Å²) >= 11 is 1.47. The molecular weight excluding hydrogens is 499 g/mol. The second kappa shape index (κ2) is 9.69. The highest BCUT2D eigenvalue weighted by molar-refractivity contribution is 7.08. The van der Waals surface area contributed by atoms with Gasteiger partial charge in [0.1, 0.15) is 5.75 Å². The van der Waals surface area contributed by atoms with E-state index in [-0.39, 0.29) is 0 Å². The van der Waals surface area contributed by atoms with Crippen molar-refractivity contribution in [3.63, 3.8) is 0 Å². The number of alkyl halides is 7. The van der Waals surface area contributed by atoms with Gasteiger partial charge in [-0.3, -0.25) is 0 Å². The number of ether oxygens (including phenoxy) is 1. The molecule has 3 nitrogen and oxygen atoms in total. The standard InChI is InChI=1S/C24H20F7NO2S/c25-22(26)24(30,31)34-16-4-1-3-14(11-16)19-8-7-18-17(15-9-10-35-13-15)5-2-6-20(18)32(19)12-21(33)23(27,28)29/h1-6,9-11,13,19,21-22,33H,7-8,12H2. The van der Waals surface area contributed by atoms with Gasteiger partial charge in [0, 0.05) is 5.69 Å². The van der Waals surface area contributed by atoms with Crippen LogP contribution in [0.2, 0.25) is 0 Å². The molecule has 35 heavy (non-hydrogen) atoms. The van der Waals surface area contributed by atoms with E-state index in [9.17, 15) is 35.8 Å². The van der Waals surface area contributed by atoms with Gasteiger partial charge in [-0.1, -0.05) is 24.3 Å². The molecule has 0 aliphatic carbocycles. The van der Waals surface area contributed by atoms with Crippen LogP contribution >= 0.6 is 11.3 Å². The molecule has 0 amide bonds. The fourth-order valence-corrected chi connectivity index (χ4v) is 4.90. The van der Waals surface area contributed by atoms with E-state index in [1.54, 1.807) is 12.1 Å². The van der Waals surface area contributed by atoms with Gasteiger partial charge in [0.2, 0.25) is 0 Å². The predicted octanol–water partition coefficient (Wildman–Crippen LogP) is 7.07. The average molecular weight is 519 g/mol. The van der Waals surface area contributed by atoms with E-state index in [2.05, 4.69) is 4.74 Å². The van der Waals surface area contributed by atoms with Crippen molar-refractivity contribution in [2.45, 2.75) is 43.7 Å². The van der Waals surface area contributed by atoms with E-state index in [4.69, 9.17) is 0 Å². The van der Waals surface area contributed by atoms with E-state index in [0.717, 1.165) is 28.8 Å².